The van der Waals surface area contributed by atoms with Crippen molar-refractivity contribution in [3.8, 4) is 5.75 Å². The lowest BCUT2D eigenvalue weighted by molar-refractivity contribution is 0.304. The molecule has 0 heterocycles. The molecule has 4 heteroatoms. The molecular weight excluding hydrogens is 272 g/mol. The predicted molar refractivity (Wildman–Crippen MR) is 77.0 cm³/mol. The lowest BCUT2D eigenvalue weighted by Crippen LogP contribution is -2.17. The van der Waals surface area contributed by atoms with E-state index in [-0.39, 0.29) is 12.6 Å². The van der Waals surface area contributed by atoms with Crippen LogP contribution in [-0.4, -0.2) is 0 Å². The van der Waals surface area contributed by atoms with Gasteiger partial charge in [0.05, 0.1) is 0 Å². The lowest BCUT2D eigenvalue weighted by Gasteiger charge is -2.22. The topological polar surface area (TPSA) is 35.2 Å². The second kappa shape index (κ2) is 5.82. The zero-order valence-electron chi connectivity index (χ0n) is 11.6. The number of aryl methyl sites for hydroxylation is 1. The van der Waals surface area contributed by atoms with Gasteiger partial charge in [0.15, 0.2) is 11.6 Å². The van der Waals surface area contributed by atoms with E-state index in [4.69, 9.17) is 10.5 Å². The highest BCUT2D eigenvalue weighted by Gasteiger charge is 2.17. The van der Waals surface area contributed by atoms with Gasteiger partial charge in [-0.05, 0) is 60.2 Å². The molecule has 0 saturated heterocycles. The summed E-state index contributed by atoms with van der Waals surface area (Å²) >= 11 is 0. The standard InChI is InChI=1S/C17H17F2NO/c18-15-7-4-11(8-16(15)19)10-21-13-6-5-12-2-1-3-17(20)14(12)9-13/h4-9,17H,1-3,10,20H2/t17-/m0/s1. The zero-order chi connectivity index (χ0) is 14.8. The van der Waals surface area contributed by atoms with Crippen molar-refractivity contribution < 1.29 is 13.5 Å². The molecule has 0 amide bonds. The number of halogens is 2. The van der Waals surface area contributed by atoms with Crippen molar-refractivity contribution in [3.05, 3.63) is 64.7 Å². The maximum Gasteiger partial charge on any atom is 0.159 e. The molecule has 3 rings (SSSR count). The fourth-order valence-corrected chi connectivity index (χ4v) is 2.70. The van der Waals surface area contributed by atoms with E-state index < -0.39 is 11.6 Å². The van der Waals surface area contributed by atoms with Gasteiger partial charge in [-0.1, -0.05) is 12.1 Å². The van der Waals surface area contributed by atoms with Gasteiger partial charge in [-0.15, -0.1) is 0 Å². The smallest absolute Gasteiger partial charge is 0.159 e. The van der Waals surface area contributed by atoms with Gasteiger partial charge in [0.1, 0.15) is 12.4 Å². The first-order chi connectivity index (χ1) is 10.1. The summed E-state index contributed by atoms with van der Waals surface area (Å²) in [4.78, 5) is 0. The largest absolute Gasteiger partial charge is 0.489 e. The van der Waals surface area contributed by atoms with E-state index in [9.17, 15) is 8.78 Å². The molecule has 0 bridgehead atoms. The summed E-state index contributed by atoms with van der Waals surface area (Å²) in [5, 5.41) is 0. The number of benzene rings is 2. The molecule has 0 fully saturated rings. The highest BCUT2D eigenvalue weighted by Crippen LogP contribution is 2.31. The van der Waals surface area contributed by atoms with E-state index >= 15 is 0 Å². The van der Waals surface area contributed by atoms with Crippen LogP contribution in [0.2, 0.25) is 0 Å². The van der Waals surface area contributed by atoms with Crippen molar-refractivity contribution in [2.45, 2.75) is 31.9 Å². The molecule has 0 spiro atoms. The Morgan fingerprint density at radius 1 is 1.10 bits per heavy atom. The van der Waals surface area contributed by atoms with Gasteiger partial charge in [0, 0.05) is 6.04 Å². The summed E-state index contributed by atoms with van der Waals surface area (Å²) in [6.45, 7) is 0.200. The molecule has 2 nitrogen and oxygen atoms in total. The van der Waals surface area contributed by atoms with Crippen LogP contribution < -0.4 is 10.5 Å². The molecule has 0 radical (unpaired) electrons. The summed E-state index contributed by atoms with van der Waals surface area (Å²) in [6.07, 6.45) is 3.15. The maximum absolute atomic E-state index is 13.1. The summed E-state index contributed by atoms with van der Waals surface area (Å²) in [5.41, 5.74) is 9.11. The Balaban J connectivity index is 1.73. The Labute approximate surface area is 122 Å². The molecule has 2 aromatic carbocycles. The molecule has 0 aliphatic heterocycles. The SMILES string of the molecule is N[C@H]1CCCc2ccc(OCc3ccc(F)c(F)c3)cc21. The molecule has 0 aromatic heterocycles. The van der Waals surface area contributed by atoms with E-state index in [0.717, 1.165) is 37.0 Å². The third-order valence-electron chi connectivity index (χ3n) is 3.87. The third kappa shape index (κ3) is 3.05. The first-order valence-electron chi connectivity index (χ1n) is 7.08. The minimum absolute atomic E-state index is 0.0561. The minimum atomic E-state index is -0.858. The fraction of sp³-hybridized carbons (Fsp3) is 0.294. The van der Waals surface area contributed by atoms with Gasteiger partial charge in [-0.2, -0.15) is 0 Å². The van der Waals surface area contributed by atoms with Crippen LogP contribution in [0.1, 0.15) is 35.6 Å². The molecule has 0 saturated carbocycles. The van der Waals surface area contributed by atoms with Crippen LogP contribution in [0.5, 0.6) is 5.75 Å². The maximum atomic E-state index is 13.1. The van der Waals surface area contributed by atoms with Crippen LogP contribution in [0.25, 0.3) is 0 Å². The molecule has 2 aromatic rings. The summed E-state index contributed by atoms with van der Waals surface area (Å²) in [7, 11) is 0. The molecule has 2 N–H and O–H groups in total. The zero-order valence-corrected chi connectivity index (χ0v) is 11.6. The average molecular weight is 289 g/mol. The Bertz CT molecular complexity index is 657. The summed E-state index contributed by atoms with van der Waals surface area (Å²) in [5.74, 6) is -1.00. The van der Waals surface area contributed by atoms with Gasteiger partial charge >= 0.3 is 0 Å². The lowest BCUT2D eigenvalue weighted by atomic mass is 9.88. The highest BCUT2D eigenvalue weighted by atomic mass is 19.2. The van der Waals surface area contributed by atoms with Crippen LogP contribution in [0.3, 0.4) is 0 Å². The van der Waals surface area contributed by atoms with Crippen molar-refractivity contribution in [3.63, 3.8) is 0 Å². The van der Waals surface area contributed by atoms with Gasteiger partial charge in [0.25, 0.3) is 0 Å². The Hall–Kier alpha value is -1.94. The third-order valence-corrected chi connectivity index (χ3v) is 3.87. The molecule has 0 unspecified atom stereocenters. The first kappa shape index (κ1) is 14.0. The van der Waals surface area contributed by atoms with E-state index in [1.165, 1.54) is 11.6 Å². The molecular formula is C17H17F2NO. The molecule has 1 aliphatic carbocycles. The summed E-state index contributed by atoms with van der Waals surface area (Å²) < 4.78 is 31.7. The highest BCUT2D eigenvalue weighted by molar-refractivity contribution is 5.39. The van der Waals surface area contributed by atoms with Crippen molar-refractivity contribution in [2.75, 3.05) is 0 Å². The molecule has 110 valence electrons. The molecule has 1 atom stereocenters. The molecule has 21 heavy (non-hydrogen) atoms. The van der Waals surface area contributed by atoms with Gasteiger partial charge in [-0.3, -0.25) is 0 Å². The number of nitrogens with two attached hydrogens (primary N) is 1. The van der Waals surface area contributed by atoms with Crippen molar-refractivity contribution in [2.24, 2.45) is 5.73 Å². The van der Waals surface area contributed by atoms with E-state index in [2.05, 4.69) is 0 Å². The predicted octanol–water partition coefficient (Wildman–Crippen LogP) is 3.88. The van der Waals surface area contributed by atoms with Crippen LogP contribution in [0.4, 0.5) is 8.78 Å². The van der Waals surface area contributed by atoms with Crippen LogP contribution in [0.15, 0.2) is 36.4 Å². The number of rotatable bonds is 3. The van der Waals surface area contributed by atoms with Crippen LogP contribution in [0, 0.1) is 11.6 Å². The van der Waals surface area contributed by atoms with Crippen molar-refractivity contribution >= 4 is 0 Å². The second-order valence-corrected chi connectivity index (χ2v) is 5.40. The second-order valence-electron chi connectivity index (χ2n) is 5.40. The fourth-order valence-electron chi connectivity index (χ4n) is 2.70. The Morgan fingerprint density at radius 2 is 1.95 bits per heavy atom. The number of fused-ring (bicyclic) bond motifs is 1. The van der Waals surface area contributed by atoms with Gasteiger partial charge < -0.3 is 10.5 Å². The van der Waals surface area contributed by atoms with Crippen LogP contribution in [-0.2, 0) is 13.0 Å². The number of hydrogen-bond acceptors (Lipinski definition) is 2. The first-order valence-corrected chi connectivity index (χ1v) is 7.08. The summed E-state index contributed by atoms with van der Waals surface area (Å²) in [6, 6.07) is 9.73. The average Bonchev–Trinajstić information content (AvgIpc) is 2.49. The van der Waals surface area contributed by atoms with E-state index in [0.29, 0.717) is 11.3 Å². The molecule has 1 aliphatic rings. The minimum Gasteiger partial charge on any atom is -0.489 e. The van der Waals surface area contributed by atoms with E-state index in [1.807, 2.05) is 18.2 Å². The van der Waals surface area contributed by atoms with Crippen molar-refractivity contribution in [1.82, 2.24) is 0 Å². The Kier molecular flexibility index (Phi) is 3.88. The monoisotopic (exact) mass is 289 g/mol. The van der Waals surface area contributed by atoms with Gasteiger partial charge in [-0.25, -0.2) is 8.78 Å². The normalized spacial score (nSPS) is 17.4. The number of ether oxygens (including phenoxy) is 1. The quantitative estimate of drug-likeness (QED) is 0.930. The van der Waals surface area contributed by atoms with E-state index in [1.54, 1.807) is 0 Å². The Morgan fingerprint density at radius 3 is 2.76 bits per heavy atom. The number of hydrogen-bond donors (Lipinski definition) is 1. The van der Waals surface area contributed by atoms with Crippen LogP contribution >= 0.6 is 0 Å². The van der Waals surface area contributed by atoms with Crippen molar-refractivity contribution in [1.29, 1.82) is 0 Å². The van der Waals surface area contributed by atoms with Gasteiger partial charge in [0.2, 0.25) is 0 Å².